The first-order valence-corrected chi connectivity index (χ1v) is 11.7. The average molecular weight is 433 g/mol. The Labute approximate surface area is 172 Å². The fourth-order valence-corrected chi connectivity index (χ4v) is 5.31. The Bertz CT molecular complexity index is 1130. The van der Waals surface area contributed by atoms with Crippen LogP contribution in [0.15, 0.2) is 44.3 Å². The Balaban J connectivity index is 1.52. The number of thiophene rings is 1. The molecule has 0 radical (unpaired) electrons. The maximum atomic E-state index is 12.7. The van der Waals surface area contributed by atoms with Gasteiger partial charge in [-0.15, -0.1) is 21.5 Å². The van der Waals surface area contributed by atoms with Crippen LogP contribution in [-0.4, -0.2) is 42.5 Å². The van der Waals surface area contributed by atoms with Crippen molar-refractivity contribution in [1.82, 2.24) is 15.1 Å². The van der Waals surface area contributed by atoms with Gasteiger partial charge in [0.1, 0.15) is 4.21 Å². The molecule has 1 aliphatic heterocycles. The third-order valence-electron chi connectivity index (χ3n) is 4.68. The van der Waals surface area contributed by atoms with E-state index in [2.05, 4.69) is 14.9 Å². The van der Waals surface area contributed by atoms with Crippen molar-refractivity contribution in [3.63, 3.8) is 0 Å². The third kappa shape index (κ3) is 4.18. The number of carbonyl (C=O) groups is 1. The molecule has 0 saturated carbocycles. The molecule has 152 valence electrons. The summed E-state index contributed by atoms with van der Waals surface area (Å²) in [5.41, 5.74) is 2.01. The minimum absolute atomic E-state index is 0.0768. The first kappa shape index (κ1) is 19.6. The van der Waals surface area contributed by atoms with E-state index in [4.69, 9.17) is 4.42 Å². The van der Waals surface area contributed by atoms with E-state index < -0.39 is 10.0 Å². The molecule has 1 fully saturated rings. The highest BCUT2D eigenvalue weighted by Gasteiger charge is 2.26. The molecular formula is C19H20N4O4S2. The molecule has 0 unspecified atom stereocenters. The number of aromatic nitrogens is 2. The number of sulfonamides is 1. The lowest BCUT2D eigenvalue weighted by Crippen LogP contribution is -2.27. The number of likely N-dealkylation sites (tertiary alicyclic amines) is 1. The van der Waals surface area contributed by atoms with Gasteiger partial charge in [0.05, 0.1) is 5.56 Å². The molecule has 3 heterocycles. The molecule has 2 aromatic heterocycles. The van der Waals surface area contributed by atoms with Crippen molar-refractivity contribution >= 4 is 33.0 Å². The Morgan fingerprint density at radius 1 is 1.24 bits per heavy atom. The summed E-state index contributed by atoms with van der Waals surface area (Å²) in [6.45, 7) is 3.37. The molecule has 29 heavy (non-hydrogen) atoms. The SMILES string of the molecule is CCc1cccc(NS(=O)(=O)c2cc(-c3nnc(C(=O)N4CCCC4)o3)cs2)c1. The number of anilines is 1. The summed E-state index contributed by atoms with van der Waals surface area (Å²) < 4.78 is 33.6. The molecule has 0 atom stereocenters. The number of hydrogen-bond acceptors (Lipinski definition) is 7. The van der Waals surface area contributed by atoms with Crippen LogP contribution in [0.4, 0.5) is 5.69 Å². The van der Waals surface area contributed by atoms with Gasteiger partial charge in [-0.3, -0.25) is 9.52 Å². The maximum absolute atomic E-state index is 12.7. The van der Waals surface area contributed by atoms with Crippen molar-refractivity contribution in [2.24, 2.45) is 0 Å². The van der Waals surface area contributed by atoms with Gasteiger partial charge >= 0.3 is 11.8 Å². The topological polar surface area (TPSA) is 105 Å². The third-order valence-corrected chi connectivity index (χ3v) is 7.50. The molecule has 1 amide bonds. The average Bonchev–Trinajstić information content (AvgIpc) is 3.48. The Kier molecular flexibility index (Phi) is 5.37. The van der Waals surface area contributed by atoms with Crippen molar-refractivity contribution in [2.75, 3.05) is 17.8 Å². The van der Waals surface area contributed by atoms with Gasteiger partial charge in [0.2, 0.25) is 5.89 Å². The number of amides is 1. The predicted octanol–water partition coefficient (Wildman–Crippen LogP) is 3.40. The van der Waals surface area contributed by atoms with E-state index in [9.17, 15) is 13.2 Å². The van der Waals surface area contributed by atoms with Gasteiger partial charge in [0.25, 0.3) is 10.0 Å². The number of hydrogen-bond donors (Lipinski definition) is 1. The zero-order valence-corrected chi connectivity index (χ0v) is 17.4. The lowest BCUT2D eigenvalue weighted by atomic mass is 10.1. The Hall–Kier alpha value is -2.72. The monoisotopic (exact) mass is 432 g/mol. The van der Waals surface area contributed by atoms with Gasteiger partial charge in [-0.25, -0.2) is 8.42 Å². The van der Waals surface area contributed by atoms with E-state index in [0.29, 0.717) is 24.3 Å². The molecule has 0 aliphatic carbocycles. The zero-order valence-electron chi connectivity index (χ0n) is 15.8. The quantitative estimate of drug-likeness (QED) is 0.640. The number of nitrogens with zero attached hydrogens (tertiary/aromatic N) is 3. The minimum Gasteiger partial charge on any atom is -0.412 e. The summed E-state index contributed by atoms with van der Waals surface area (Å²) >= 11 is 1.05. The zero-order chi connectivity index (χ0) is 20.4. The summed E-state index contributed by atoms with van der Waals surface area (Å²) in [5.74, 6) is -0.243. The predicted molar refractivity (Wildman–Crippen MR) is 109 cm³/mol. The van der Waals surface area contributed by atoms with Crippen LogP contribution in [0.25, 0.3) is 11.5 Å². The summed E-state index contributed by atoms with van der Waals surface area (Å²) in [6, 6.07) is 8.74. The van der Waals surface area contributed by atoms with Gasteiger partial charge in [0.15, 0.2) is 0 Å². The molecule has 3 aromatic rings. The molecular weight excluding hydrogens is 412 g/mol. The van der Waals surface area contributed by atoms with Crippen LogP contribution in [0.2, 0.25) is 0 Å². The van der Waals surface area contributed by atoms with Gasteiger partial charge < -0.3 is 9.32 Å². The highest BCUT2D eigenvalue weighted by molar-refractivity contribution is 7.94. The molecule has 1 N–H and O–H groups in total. The van der Waals surface area contributed by atoms with Crippen LogP contribution in [0.1, 0.15) is 36.0 Å². The second-order valence-electron chi connectivity index (χ2n) is 6.73. The second kappa shape index (κ2) is 7.96. The molecule has 0 spiro atoms. The van der Waals surface area contributed by atoms with E-state index in [-0.39, 0.29) is 21.9 Å². The second-order valence-corrected chi connectivity index (χ2v) is 9.55. The fraction of sp³-hybridized carbons (Fsp3) is 0.316. The van der Waals surface area contributed by atoms with Crippen LogP contribution in [0.5, 0.6) is 0 Å². The number of benzene rings is 1. The summed E-state index contributed by atoms with van der Waals surface area (Å²) in [5, 5.41) is 9.35. The highest BCUT2D eigenvalue weighted by atomic mass is 32.2. The maximum Gasteiger partial charge on any atom is 0.311 e. The Morgan fingerprint density at radius 3 is 2.79 bits per heavy atom. The van der Waals surface area contributed by atoms with E-state index >= 15 is 0 Å². The molecule has 4 rings (SSSR count). The summed E-state index contributed by atoms with van der Waals surface area (Å²) in [6.07, 6.45) is 2.74. The first-order valence-electron chi connectivity index (χ1n) is 9.30. The van der Waals surface area contributed by atoms with Crippen LogP contribution in [-0.2, 0) is 16.4 Å². The van der Waals surface area contributed by atoms with E-state index in [1.807, 2.05) is 19.1 Å². The smallest absolute Gasteiger partial charge is 0.311 e. The number of carbonyl (C=O) groups excluding carboxylic acids is 1. The van der Waals surface area contributed by atoms with E-state index in [1.54, 1.807) is 22.4 Å². The van der Waals surface area contributed by atoms with Gasteiger partial charge in [-0.2, -0.15) is 0 Å². The summed E-state index contributed by atoms with van der Waals surface area (Å²) in [7, 11) is -3.74. The number of nitrogens with one attached hydrogen (secondary N) is 1. The minimum atomic E-state index is -3.74. The number of aryl methyl sites for hydroxylation is 1. The standard InChI is InChI=1S/C19H20N4O4S2/c1-2-13-6-5-7-15(10-13)22-29(25,26)16-11-14(12-28-16)17-20-21-18(27-17)19(24)23-8-3-4-9-23/h5-7,10-12,22H,2-4,8-9H2,1H3. The summed E-state index contributed by atoms with van der Waals surface area (Å²) in [4.78, 5) is 14.0. The normalized spacial score (nSPS) is 14.3. The molecule has 10 heteroatoms. The molecule has 1 aromatic carbocycles. The molecule has 0 bridgehead atoms. The van der Waals surface area contributed by atoms with Crippen LogP contribution in [0, 0.1) is 0 Å². The van der Waals surface area contributed by atoms with Crippen LogP contribution < -0.4 is 4.72 Å². The first-order chi connectivity index (χ1) is 14.0. The lowest BCUT2D eigenvalue weighted by molar-refractivity contribution is 0.0754. The van der Waals surface area contributed by atoms with Crippen LogP contribution >= 0.6 is 11.3 Å². The lowest BCUT2D eigenvalue weighted by Gasteiger charge is -2.11. The van der Waals surface area contributed by atoms with Crippen molar-refractivity contribution < 1.29 is 17.6 Å². The molecule has 1 saturated heterocycles. The Morgan fingerprint density at radius 2 is 2.03 bits per heavy atom. The molecule has 8 nitrogen and oxygen atoms in total. The van der Waals surface area contributed by atoms with E-state index in [1.165, 1.54) is 6.07 Å². The van der Waals surface area contributed by atoms with Gasteiger partial charge in [-0.1, -0.05) is 19.1 Å². The molecule has 1 aliphatic rings. The fourth-order valence-electron chi connectivity index (χ4n) is 3.11. The van der Waals surface area contributed by atoms with Crippen LogP contribution in [0.3, 0.4) is 0 Å². The number of rotatable bonds is 6. The van der Waals surface area contributed by atoms with Crippen molar-refractivity contribution in [2.45, 2.75) is 30.4 Å². The largest absolute Gasteiger partial charge is 0.412 e. The van der Waals surface area contributed by atoms with Gasteiger partial charge in [0, 0.05) is 24.2 Å². The highest BCUT2D eigenvalue weighted by Crippen LogP contribution is 2.29. The van der Waals surface area contributed by atoms with Gasteiger partial charge in [-0.05, 0) is 43.0 Å². The van der Waals surface area contributed by atoms with Crippen molar-refractivity contribution in [1.29, 1.82) is 0 Å². The van der Waals surface area contributed by atoms with E-state index in [0.717, 1.165) is 36.2 Å². The van der Waals surface area contributed by atoms with Crippen molar-refractivity contribution in [3.05, 3.63) is 47.2 Å². The van der Waals surface area contributed by atoms with Crippen molar-refractivity contribution in [3.8, 4) is 11.5 Å².